The van der Waals surface area contributed by atoms with Crippen molar-refractivity contribution in [2.75, 3.05) is 16.9 Å². The Morgan fingerprint density at radius 2 is 1.97 bits per heavy atom. The van der Waals surface area contributed by atoms with Crippen LogP contribution in [-0.4, -0.2) is 28.1 Å². The summed E-state index contributed by atoms with van der Waals surface area (Å²) in [5.41, 5.74) is 3.61. The smallest absolute Gasteiger partial charge is 0.301 e. The van der Waals surface area contributed by atoms with Crippen LogP contribution in [0.1, 0.15) is 51.2 Å². The minimum absolute atomic E-state index is 0.0301. The third kappa shape index (κ3) is 4.32. The van der Waals surface area contributed by atoms with Gasteiger partial charge in [0.05, 0.1) is 22.1 Å². The van der Waals surface area contributed by atoms with Crippen LogP contribution in [0.2, 0.25) is 0 Å². The maximum atomic E-state index is 14.8. The predicted molar refractivity (Wildman–Crippen MR) is 117 cm³/mol. The molecule has 0 saturated heterocycles. The van der Waals surface area contributed by atoms with E-state index in [1.54, 1.807) is 6.07 Å². The second-order valence-corrected chi connectivity index (χ2v) is 8.18. The number of nitro groups is 2. The summed E-state index contributed by atoms with van der Waals surface area (Å²) in [7, 11) is 0. The average Bonchev–Trinajstić information content (AvgIpc) is 2.68. The van der Waals surface area contributed by atoms with Crippen molar-refractivity contribution < 1.29 is 14.2 Å². The molecule has 31 heavy (non-hydrogen) atoms. The number of benzene rings is 2. The molecule has 2 aromatic rings. The summed E-state index contributed by atoms with van der Waals surface area (Å²) in [6, 6.07) is 6.43. The minimum Gasteiger partial charge on any atom is -0.366 e. The third-order valence-electron chi connectivity index (χ3n) is 5.60. The van der Waals surface area contributed by atoms with E-state index >= 15 is 0 Å². The first-order valence-electron chi connectivity index (χ1n) is 9.88. The van der Waals surface area contributed by atoms with E-state index in [0.29, 0.717) is 0 Å². The molecule has 1 unspecified atom stereocenters. The molecule has 2 aromatic carbocycles. The van der Waals surface area contributed by atoms with Gasteiger partial charge in [-0.05, 0) is 56.9 Å². The minimum atomic E-state index is -0.743. The Kier molecular flexibility index (Phi) is 5.92. The molecule has 9 nitrogen and oxygen atoms in total. The van der Waals surface area contributed by atoms with E-state index < -0.39 is 27.0 Å². The van der Waals surface area contributed by atoms with Gasteiger partial charge in [0.1, 0.15) is 11.5 Å². The van der Waals surface area contributed by atoms with Crippen molar-refractivity contribution >= 4 is 29.0 Å². The van der Waals surface area contributed by atoms with E-state index in [4.69, 9.17) is 0 Å². The first-order valence-corrected chi connectivity index (χ1v) is 9.88. The van der Waals surface area contributed by atoms with Crippen molar-refractivity contribution in [2.24, 2.45) is 5.10 Å². The van der Waals surface area contributed by atoms with Crippen LogP contribution < -0.4 is 10.3 Å². The lowest BCUT2D eigenvalue weighted by Gasteiger charge is -2.47. The lowest BCUT2D eigenvalue weighted by atomic mass is 9.79. The molecule has 1 aliphatic rings. The molecule has 164 valence electrons. The first-order chi connectivity index (χ1) is 14.5. The molecule has 0 bridgehead atoms. The maximum Gasteiger partial charge on any atom is 0.301 e. The van der Waals surface area contributed by atoms with Crippen molar-refractivity contribution in [3.05, 3.63) is 67.5 Å². The fourth-order valence-electron chi connectivity index (χ4n) is 4.27. The summed E-state index contributed by atoms with van der Waals surface area (Å²) in [4.78, 5) is 22.8. The molecule has 10 heteroatoms. The van der Waals surface area contributed by atoms with Gasteiger partial charge in [-0.3, -0.25) is 25.7 Å². The van der Waals surface area contributed by atoms with Crippen LogP contribution in [0.15, 0.2) is 35.4 Å². The summed E-state index contributed by atoms with van der Waals surface area (Å²) in [6.07, 6.45) is 2.17. The molecule has 1 aliphatic heterocycles. The molecular formula is C21H24FN5O4. The highest BCUT2D eigenvalue weighted by molar-refractivity contribution is 5.83. The van der Waals surface area contributed by atoms with Crippen molar-refractivity contribution in [1.82, 2.24) is 0 Å². The molecule has 0 amide bonds. The fraction of sp³-hybridized carbons (Fsp3) is 0.381. The molecule has 1 atom stereocenters. The molecule has 0 aliphatic carbocycles. The van der Waals surface area contributed by atoms with Crippen LogP contribution in [0, 0.1) is 26.0 Å². The Morgan fingerprint density at radius 3 is 2.58 bits per heavy atom. The molecular weight excluding hydrogens is 405 g/mol. The predicted octanol–water partition coefficient (Wildman–Crippen LogP) is 5.20. The quantitative estimate of drug-likeness (QED) is 0.383. The Morgan fingerprint density at radius 1 is 1.26 bits per heavy atom. The van der Waals surface area contributed by atoms with Gasteiger partial charge in [0, 0.05) is 29.4 Å². The van der Waals surface area contributed by atoms with Crippen LogP contribution in [0.25, 0.3) is 0 Å². The summed E-state index contributed by atoms with van der Waals surface area (Å²) < 4.78 is 14.8. The zero-order chi connectivity index (χ0) is 22.9. The van der Waals surface area contributed by atoms with Gasteiger partial charge in [-0.2, -0.15) is 5.10 Å². The zero-order valence-electron chi connectivity index (χ0n) is 17.8. The topological polar surface area (TPSA) is 114 Å². The summed E-state index contributed by atoms with van der Waals surface area (Å²) in [5.74, 6) is -0.227. The highest BCUT2D eigenvalue weighted by Crippen LogP contribution is 2.43. The van der Waals surface area contributed by atoms with E-state index in [0.717, 1.165) is 36.3 Å². The number of hydrogen-bond donors (Lipinski definition) is 1. The Hall–Kier alpha value is -3.56. The number of nitro benzene ring substituents is 2. The number of halogens is 1. The number of fused-ring (bicyclic) bond motifs is 1. The number of rotatable bonds is 6. The molecule has 0 fully saturated rings. The molecule has 0 saturated carbocycles. The van der Waals surface area contributed by atoms with E-state index in [9.17, 15) is 24.6 Å². The van der Waals surface area contributed by atoms with Gasteiger partial charge in [0.2, 0.25) is 0 Å². The highest BCUT2D eigenvalue weighted by Gasteiger charge is 2.36. The molecule has 1 N–H and O–H groups in total. The summed E-state index contributed by atoms with van der Waals surface area (Å²) in [6.45, 7) is 9.18. The fourth-order valence-corrected chi connectivity index (χ4v) is 4.27. The number of anilines is 2. The van der Waals surface area contributed by atoms with E-state index in [-0.39, 0.29) is 22.7 Å². The number of hydrogen-bond acceptors (Lipinski definition) is 7. The van der Waals surface area contributed by atoms with Gasteiger partial charge in [-0.25, -0.2) is 4.39 Å². The Labute approximate surface area is 178 Å². The maximum absolute atomic E-state index is 14.8. The van der Waals surface area contributed by atoms with Crippen LogP contribution in [0.3, 0.4) is 0 Å². The monoisotopic (exact) mass is 429 g/mol. The number of non-ortho nitro benzene ring substituents is 1. The Bertz CT molecular complexity index is 1070. The first kappa shape index (κ1) is 22.1. The van der Waals surface area contributed by atoms with Crippen LogP contribution in [0.4, 0.5) is 27.1 Å². The van der Waals surface area contributed by atoms with Gasteiger partial charge in [-0.1, -0.05) is 6.92 Å². The highest BCUT2D eigenvalue weighted by atomic mass is 19.1. The standard InChI is InChI=1S/C21H24FN5O4/c1-5-25-19-10-17(22)14(8-16(19)13(2)11-21(25,3)4)12-23-24-18-7-6-15(26(28)29)9-20(18)27(30)31/h6-10,12-13,24H,5,11H2,1-4H3/b23-12-. The van der Waals surface area contributed by atoms with Gasteiger partial charge >= 0.3 is 5.69 Å². The summed E-state index contributed by atoms with van der Waals surface area (Å²) >= 11 is 0. The SMILES string of the molecule is CCN1c2cc(F)c(/C=N\Nc3ccc([N+](=O)[O-])cc3[N+](=O)[O-])cc2C(C)CC1(C)C. The molecule has 0 spiro atoms. The summed E-state index contributed by atoms with van der Waals surface area (Å²) in [5, 5.41) is 26.0. The third-order valence-corrected chi connectivity index (χ3v) is 5.60. The number of hydrazone groups is 1. The Balaban J connectivity index is 1.90. The number of nitrogens with zero attached hydrogens (tertiary/aromatic N) is 4. The van der Waals surface area contributed by atoms with E-state index in [1.807, 2.05) is 6.92 Å². The van der Waals surface area contributed by atoms with E-state index in [1.165, 1.54) is 18.3 Å². The van der Waals surface area contributed by atoms with Crippen molar-refractivity contribution in [3.8, 4) is 0 Å². The number of nitrogens with one attached hydrogen (secondary N) is 1. The lowest BCUT2D eigenvalue weighted by molar-refractivity contribution is -0.393. The van der Waals surface area contributed by atoms with Gasteiger partial charge < -0.3 is 4.90 Å². The van der Waals surface area contributed by atoms with Crippen molar-refractivity contribution in [3.63, 3.8) is 0 Å². The second kappa shape index (κ2) is 8.29. The van der Waals surface area contributed by atoms with Gasteiger partial charge in [-0.15, -0.1) is 0 Å². The molecule has 0 aromatic heterocycles. The lowest BCUT2D eigenvalue weighted by Crippen LogP contribution is -2.48. The average molecular weight is 429 g/mol. The van der Waals surface area contributed by atoms with Gasteiger partial charge in [0.15, 0.2) is 0 Å². The van der Waals surface area contributed by atoms with Gasteiger partial charge in [0.25, 0.3) is 5.69 Å². The zero-order valence-corrected chi connectivity index (χ0v) is 17.8. The van der Waals surface area contributed by atoms with Crippen molar-refractivity contribution in [2.45, 2.75) is 45.6 Å². The normalized spacial score (nSPS) is 17.5. The van der Waals surface area contributed by atoms with Crippen LogP contribution in [0.5, 0.6) is 0 Å². The van der Waals surface area contributed by atoms with Crippen molar-refractivity contribution in [1.29, 1.82) is 0 Å². The molecule has 0 radical (unpaired) electrons. The van der Waals surface area contributed by atoms with E-state index in [2.05, 4.69) is 36.2 Å². The largest absolute Gasteiger partial charge is 0.366 e. The molecule has 1 heterocycles. The van der Waals surface area contributed by atoms with Crippen LogP contribution in [-0.2, 0) is 0 Å². The molecule has 3 rings (SSSR count). The van der Waals surface area contributed by atoms with Crippen LogP contribution >= 0.6 is 0 Å². The second-order valence-electron chi connectivity index (χ2n) is 8.18.